The van der Waals surface area contributed by atoms with Gasteiger partial charge in [0.05, 0.1) is 6.26 Å². The van der Waals surface area contributed by atoms with Gasteiger partial charge in [-0.25, -0.2) is 18.4 Å². The van der Waals surface area contributed by atoms with Crippen LogP contribution in [0.25, 0.3) is 0 Å². The van der Waals surface area contributed by atoms with Gasteiger partial charge in [0.15, 0.2) is 11.5 Å². The average molecular weight is 212 g/mol. The van der Waals surface area contributed by atoms with Crippen molar-refractivity contribution in [2.75, 3.05) is 17.6 Å². The van der Waals surface area contributed by atoms with Gasteiger partial charge in [0.1, 0.15) is 6.07 Å². The Balaban J connectivity index is 3.28. The van der Waals surface area contributed by atoms with E-state index in [1.54, 1.807) is 6.07 Å². The highest BCUT2D eigenvalue weighted by atomic mass is 32.2. The van der Waals surface area contributed by atoms with E-state index in [2.05, 4.69) is 9.97 Å². The zero-order valence-electron chi connectivity index (χ0n) is 7.67. The minimum Gasteiger partial charge on any atom is -0.255 e. The van der Waals surface area contributed by atoms with E-state index in [9.17, 15) is 8.42 Å². The fourth-order valence-corrected chi connectivity index (χ4v) is 1.24. The molecule has 0 radical (unpaired) electrons. The van der Waals surface area contributed by atoms with Crippen LogP contribution in [0.3, 0.4) is 0 Å². The molecule has 6 nitrogen and oxygen atoms in total. The molecule has 0 unspecified atom stereocenters. The summed E-state index contributed by atoms with van der Waals surface area (Å²) in [7, 11) is -2.09. The molecule has 0 saturated carbocycles. The monoisotopic (exact) mass is 212 g/mol. The second-order valence-corrected chi connectivity index (χ2v) is 4.58. The SMILES string of the molecule is CN(c1nccnc1C#N)S(C)(=O)=O. The summed E-state index contributed by atoms with van der Waals surface area (Å²) in [6, 6.07) is 1.77. The Bertz CT molecular complexity index is 477. The van der Waals surface area contributed by atoms with Crippen LogP contribution in [-0.2, 0) is 10.0 Å². The number of anilines is 1. The second kappa shape index (κ2) is 3.59. The molecule has 1 heterocycles. The first kappa shape index (κ1) is 10.4. The van der Waals surface area contributed by atoms with Gasteiger partial charge in [-0.05, 0) is 0 Å². The Morgan fingerprint density at radius 2 is 2.00 bits per heavy atom. The molecule has 0 aromatic carbocycles. The van der Waals surface area contributed by atoms with E-state index in [0.717, 1.165) is 10.6 Å². The van der Waals surface area contributed by atoms with Gasteiger partial charge in [0.2, 0.25) is 10.0 Å². The van der Waals surface area contributed by atoms with Crippen molar-refractivity contribution in [2.24, 2.45) is 0 Å². The number of hydrogen-bond donors (Lipinski definition) is 0. The average Bonchev–Trinajstić information content (AvgIpc) is 2.15. The maximum Gasteiger partial charge on any atom is 0.233 e. The Kier molecular flexibility index (Phi) is 2.67. The van der Waals surface area contributed by atoms with Crippen LogP contribution in [0.4, 0.5) is 5.82 Å². The molecule has 1 aromatic heterocycles. The number of hydrogen-bond acceptors (Lipinski definition) is 5. The Hall–Kier alpha value is -1.68. The van der Waals surface area contributed by atoms with Crippen molar-refractivity contribution in [3.63, 3.8) is 0 Å². The molecule has 0 atom stereocenters. The molecule has 0 N–H and O–H groups in total. The lowest BCUT2D eigenvalue weighted by Gasteiger charge is -2.15. The van der Waals surface area contributed by atoms with Crippen LogP contribution in [0.2, 0.25) is 0 Å². The second-order valence-electron chi connectivity index (χ2n) is 2.57. The number of nitriles is 1. The smallest absolute Gasteiger partial charge is 0.233 e. The fraction of sp³-hybridized carbons (Fsp3) is 0.286. The van der Waals surface area contributed by atoms with Gasteiger partial charge in [-0.1, -0.05) is 0 Å². The molecule has 1 rings (SSSR count). The van der Waals surface area contributed by atoms with Crippen molar-refractivity contribution in [1.29, 1.82) is 5.26 Å². The predicted octanol–water partition coefficient (Wildman–Crippen LogP) is -0.256. The maximum atomic E-state index is 11.1. The Morgan fingerprint density at radius 1 is 1.43 bits per heavy atom. The van der Waals surface area contributed by atoms with Crippen molar-refractivity contribution < 1.29 is 8.42 Å². The van der Waals surface area contributed by atoms with Gasteiger partial charge < -0.3 is 0 Å². The highest BCUT2D eigenvalue weighted by Gasteiger charge is 2.17. The van der Waals surface area contributed by atoms with E-state index < -0.39 is 10.0 Å². The minimum absolute atomic E-state index is 0.0135. The summed E-state index contributed by atoms with van der Waals surface area (Å²) in [5.41, 5.74) is -0.0135. The van der Waals surface area contributed by atoms with E-state index in [1.165, 1.54) is 19.4 Å². The predicted molar refractivity (Wildman–Crippen MR) is 50.0 cm³/mol. The lowest BCUT2D eigenvalue weighted by molar-refractivity contribution is 0.599. The van der Waals surface area contributed by atoms with Crippen LogP contribution >= 0.6 is 0 Å². The van der Waals surface area contributed by atoms with E-state index in [0.29, 0.717) is 0 Å². The van der Waals surface area contributed by atoms with Crippen LogP contribution in [0, 0.1) is 11.3 Å². The van der Waals surface area contributed by atoms with Gasteiger partial charge >= 0.3 is 0 Å². The molecule has 0 aliphatic heterocycles. The fourth-order valence-electron chi connectivity index (χ4n) is 0.797. The summed E-state index contributed by atoms with van der Waals surface area (Å²) in [4.78, 5) is 7.48. The first-order chi connectivity index (χ1) is 6.46. The van der Waals surface area contributed by atoms with Crippen LogP contribution in [-0.4, -0.2) is 31.7 Å². The minimum atomic E-state index is -3.41. The molecule has 0 aliphatic carbocycles. The van der Waals surface area contributed by atoms with Crippen molar-refractivity contribution in [3.8, 4) is 6.07 Å². The number of sulfonamides is 1. The summed E-state index contributed by atoms with van der Waals surface area (Å²) in [5.74, 6) is 0.0394. The topological polar surface area (TPSA) is 86.9 Å². The van der Waals surface area contributed by atoms with Crippen molar-refractivity contribution >= 4 is 15.8 Å². The molecule has 1 aromatic rings. The van der Waals surface area contributed by atoms with Crippen molar-refractivity contribution in [2.45, 2.75) is 0 Å². The molecular formula is C7H8N4O2S. The number of aromatic nitrogens is 2. The molecule has 0 bridgehead atoms. The van der Waals surface area contributed by atoms with E-state index in [4.69, 9.17) is 5.26 Å². The highest BCUT2D eigenvalue weighted by Crippen LogP contribution is 2.14. The Labute approximate surface area is 81.9 Å². The lowest BCUT2D eigenvalue weighted by atomic mass is 10.4. The molecule has 7 heteroatoms. The first-order valence-electron chi connectivity index (χ1n) is 3.62. The normalized spacial score (nSPS) is 10.6. The van der Waals surface area contributed by atoms with E-state index in [-0.39, 0.29) is 11.5 Å². The quantitative estimate of drug-likeness (QED) is 0.674. The highest BCUT2D eigenvalue weighted by molar-refractivity contribution is 7.92. The standard InChI is InChI=1S/C7H8N4O2S/c1-11(14(2,12)13)7-6(5-8)9-3-4-10-7/h3-4H,1-2H3. The number of rotatable bonds is 2. The Morgan fingerprint density at radius 3 is 2.50 bits per heavy atom. The number of nitrogens with zero attached hydrogens (tertiary/aromatic N) is 4. The summed E-state index contributed by atoms with van der Waals surface area (Å²) < 4.78 is 23.2. The molecule has 0 amide bonds. The van der Waals surface area contributed by atoms with Gasteiger partial charge in [0.25, 0.3) is 0 Å². The summed E-state index contributed by atoms with van der Waals surface area (Å²) in [6.07, 6.45) is 3.69. The van der Waals surface area contributed by atoms with Crippen LogP contribution in [0.15, 0.2) is 12.4 Å². The zero-order chi connectivity index (χ0) is 10.8. The van der Waals surface area contributed by atoms with Crippen molar-refractivity contribution in [1.82, 2.24) is 9.97 Å². The van der Waals surface area contributed by atoms with Crippen LogP contribution in [0.1, 0.15) is 5.69 Å². The molecule has 14 heavy (non-hydrogen) atoms. The summed E-state index contributed by atoms with van der Waals surface area (Å²) in [5, 5.41) is 8.66. The molecule has 74 valence electrons. The largest absolute Gasteiger partial charge is 0.255 e. The molecular weight excluding hydrogens is 204 g/mol. The summed E-state index contributed by atoms with van der Waals surface area (Å²) >= 11 is 0. The molecule has 0 aliphatic rings. The van der Waals surface area contributed by atoms with Gasteiger partial charge in [-0.15, -0.1) is 0 Å². The lowest BCUT2D eigenvalue weighted by Crippen LogP contribution is -2.26. The van der Waals surface area contributed by atoms with Gasteiger partial charge in [-0.3, -0.25) is 4.31 Å². The third kappa shape index (κ3) is 1.97. The molecule has 0 spiro atoms. The zero-order valence-corrected chi connectivity index (χ0v) is 8.48. The van der Waals surface area contributed by atoms with E-state index in [1.807, 2.05) is 0 Å². The van der Waals surface area contributed by atoms with Gasteiger partial charge in [-0.2, -0.15) is 5.26 Å². The van der Waals surface area contributed by atoms with Crippen molar-refractivity contribution in [3.05, 3.63) is 18.1 Å². The van der Waals surface area contributed by atoms with Crippen LogP contribution < -0.4 is 4.31 Å². The van der Waals surface area contributed by atoms with Crippen LogP contribution in [0.5, 0.6) is 0 Å². The van der Waals surface area contributed by atoms with Gasteiger partial charge in [0, 0.05) is 19.4 Å². The van der Waals surface area contributed by atoms with E-state index >= 15 is 0 Å². The first-order valence-corrected chi connectivity index (χ1v) is 5.46. The summed E-state index contributed by atoms with van der Waals surface area (Å²) in [6.45, 7) is 0. The molecule has 0 saturated heterocycles. The third-order valence-electron chi connectivity index (χ3n) is 1.58. The maximum absolute atomic E-state index is 11.1. The molecule has 0 fully saturated rings. The third-order valence-corrected chi connectivity index (χ3v) is 2.75.